The van der Waals surface area contributed by atoms with Crippen LogP contribution in [-0.2, 0) is 6.54 Å². The molecule has 0 spiro atoms. The van der Waals surface area contributed by atoms with Crippen LogP contribution in [0.1, 0.15) is 16.1 Å². The normalized spacial score (nSPS) is 11.1. The van der Waals surface area contributed by atoms with Crippen LogP contribution in [0, 0.1) is 0 Å². The molecule has 114 valence electrons. The number of nitrogens with two attached hydrogens (primary N) is 1. The Hall–Kier alpha value is -3.00. The molecule has 3 aromatic heterocycles. The van der Waals surface area contributed by atoms with Crippen LogP contribution in [0.2, 0.25) is 0 Å². The van der Waals surface area contributed by atoms with Crippen molar-refractivity contribution in [3.05, 3.63) is 47.8 Å². The lowest BCUT2D eigenvalue weighted by Gasteiger charge is -2.04. The number of carbonyl (C=O) groups is 1. The number of aromatic nitrogens is 4. The van der Waals surface area contributed by atoms with Crippen molar-refractivity contribution in [2.75, 3.05) is 5.73 Å². The Balaban J connectivity index is 1.54. The monoisotopic (exact) mass is 324 g/mol. The molecule has 0 radical (unpaired) electrons. The summed E-state index contributed by atoms with van der Waals surface area (Å²) in [5.74, 6) is -0.176. The van der Waals surface area contributed by atoms with Crippen molar-refractivity contribution in [3.8, 4) is 0 Å². The Labute approximate surface area is 134 Å². The molecule has 0 saturated carbocycles. The van der Waals surface area contributed by atoms with Gasteiger partial charge in [-0.1, -0.05) is 11.3 Å². The molecule has 0 bridgehead atoms. The van der Waals surface area contributed by atoms with Crippen molar-refractivity contribution in [3.63, 3.8) is 0 Å². The molecule has 0 atom stereocenters. The van der Waals surface area contributed by atoms with E-state index in [9.17, 15) is 4.79 Å². The van der Waals surface area contributed by atoms with Crippen molar-refractivity contribution < 1.29 is 4.79 Å². The van der Waals surface area contributed by atoms with E-state index in [0.29, 0.717) is 22.9 Å². The molecule has 7 nitrogen and oxygen atoms in total. The van der Waals surface area contributed by atoms with E-state index >= 15 is 0 Å². The molecule has 1 amide bonds. The molecule has 3 heterocycles. The van der Waals surface area contributed by atoms with E-state index in [2.05, 4.69) is 25.5 Å². The molecule has 0 aliphatic carbocycles. The minimum atomic E-state index is -0.176. The number of amides is 1. The minimum absolute atomic E-state index is 0.176. The maximum atomic E-state index is 12.3. The number of aromatic amines is 1. The molecule has 0 aliphatic rings. The number of hydrogen-bond donors (Lipinski definition) is 3. The van der Waals surface area contributed by atoms with Gasteiger partial charge < -0.3 is 11.1 Å². The topological polar surface area (TPSA) is 110 Å². The van der Waals surface area contributed by atoms with Gasteiger partial charge in [0.15, 0.2) is 10.8 Å². The van der Waals surface area contributed by atoms with Gasteiger partial charge in [-0.2, -0.15) is 5.10 Å². The first kappa shape index (κ1) is 13.6. The first-order chi connectivity index (χ1) is 11.2. The third kappa shape index (κ3) is 2.49. The van der Waals surface area contributed by atoms with Gasteiger partial charge in [0.1, 0.15) is 0 Å². The number of hydrogen-bond acceptors (Lipinski definition) is 6. The standard InChI is InChI=1S/C15H12N6OS/c16-15-19-10-6-8(3-4-12(10)23-15)14(22)18-7-11-9-2-1-5-17-13(9)21-20-11/h1-6H,7H2,(H2,16,19)(H,18,22)(H,17,20,21). The predicted molar refractivity (Wildman–Crippen MR) is 89.1 cm³/mol. The third-order valence-corrected chi connectivity index (χ3v) is 4.37. The summed E-state index contributed by atoms with van der Waals surface area (Å²) in [5, 5.41) is 11.3. The van der Waals surface area contributed by atoms with Crippen molar-refractivity contribution in [1.82, 2.24) is 25.5 Å². The van der Waals surface area contributed by atoms with Gasteiger partial charge >= 0.3 is 0 Å². The van der Waals surface area contributed by atoms with Crippen LogP contribution in [0.5, 0.6) is 0 Å². The molecule has 0 unspecified atom stereocenters. The summed E-state index contributed by atoms with van der Waals surface area (Å²) in [6.45, 7) is 0.346. The molecule has 0 saturated heterocycles. The predicted octanol–water partition coefficient (Wildman–Crippen LogP) is 2.08. The summed E-state index contributed by atoms with van der Waals surface area (Å²) in [4.78, 5) is 20.7. The number of nitrogens with zero attached hydrogens (tertiary/aromatic N) is 3. The summed E-state index contributed by atoms with van der Waals surface area (Å²) < 4.78 is 0.963. The Morgan fingerprint density at radius 2 is 2.26 bits per heavy atom. The van der Waals surface area contributed by atoms with Crippen LogP contribution in [0.25, 0.3) is 21.3 Å². The SMILES string of the molecule is Nc1nc2cc(C(=O)NCc3[nH]nc4ncccc34)ccc2s1. The van der Waals surface area contributed by atoms with E-state index in [1.807, 2.05) is 18.2 Å². The van der Waals surface area contributed by atoms with Crippen molar-refractivity contribution in [2.45, 2.75) is 6.54 Å². The second kappa shape index (κ2) is 5.33. The maximum absolute atomic E-state index is 12.3. The number of pyridine rings is 1. The van der Waals surface area contributed by atoms with Gasteiger partial charge in [-0.15, -0.1) is 0 Å². The molecular formula is C15H12N6OS. The number of rotatable bonds is 3. The minimum Gasteiger partial charge on any atom is -0.375 e. The van der Waals surface area contributed by atoms with Crippen LogP contribution < -0.4 is 11.1 Å². The Morgan fingerprint density at radius 1 is 1.35 bits per heavy atom. The molecule has 4 aromatic rings. The van der Waals surface area contributed by atoms with Crippen molar-refractivity contribution in [1.29, 1.82) is 0 Å². The summed E-state index contributed by atoms with van der Waals surface area (Å²) in [6.07, 6.45) is 1.68. The highest BCUT2D eigenvalue weighted by atomic mass is 32.1. The molecular weight excluding hydrogens is 312 g/mol. The molecule has 23 heavy (non-hydrogen) atoms. The molecule has 8 heteroatoms. The highest BCUT2D eigenvalue weighted by molar-refractivity contribution is 7.22. The average molecular weight is 324 g/mol. The lowest BCUT2D eigenvalue weighted by molar-refractivity contribution is 0.0950. The van der Waals surface area contributed by atoms with Crippen LogP contribution in [0.15, 0.2) is 36.5 Å². The van der Waals surface area contributed by atoms with Gasteiger partial charge in [-0.25, -0.2) is 9.97 Å². The summed E-state index contributed by atoms with van der Waals surface area (Å²) >= 11 is 1.40. The molecule has 4 rings (SSSR count). The molecule has 4 N–H and O–H groups in total. The number of nitrogen functional groups attached to an aromatic ring is 1. The second-order valence-electron chi connectivity index (χ2n) is 4.99. The zero-order valence-electron chi connectivity index (χ0n) is 11.9. The van der Waals surface area contributed by atoms with Crippen molar-refractivity contribution >= 4 is 43.6 Å². The van der Waals surface area contributed by atoms with Gasteiger partial charge in [-0.3, -0.25) is 9.89 Å². The largest absolute Gasteiger partial charge is 0.375 e. The van der Waals surface area contributed by atoms with E-state index in [1.54, 1.807) is 18.3 Å². The van der Waals surface area contributed by atoms with Crippen LogP contribution in [0.4, 0.5) is 5.13 Å². The number of benzene rings is 1. The lowest BCUT2D eigenvalue weighted by atomic mass is 10.2. The number of anilines is 1. The number of nitrogens with one attached hydrogen (secondary N) is 2. The van der Waals surface area contributed by atoms with E-state index in [1.165, 1.54) is 11.3 Å². The first-order valence-electron chi connectivity index (χ1n) is 6.93. The number of H-pyrrole nitrogens is 1. The first-order valence-corrected chi connectivity index (χ1v) is 7.74. The molecule has 1 aromatic carbocycles. The summed E-state index contributed by atoms with van der Waals surface area (Å²) in [6, 6.07) is 9.11. The zero-order chi connectivity index (χ0) is 15.8. The maximum Gasteiger partial charge on any atom is 0.251 e. The van der Waals surface area contributed by atoms with Gasteiger partial charge in [0, 0.05) is 17.1 Å². The number of carbonyl (C=O) groups excluding carboxylic acids is 1. The fraction of sp³-hybridized carbons (Fsp3) is 0.0667. The smallest absolute Gasteiger partial charge is 0.251 e. The highest BCUT2D eigenvalue weighted by Gasteiger charge is 2.11. The Morgan fingerprint density at radius 3 is 3.17 bits per heavy atom. The van der Waals surface area contributed by atoms with E-state index < -0.39 is 0 Å². The third-order valence-electron chi connectivity index (χ3n) is 3.50. The van der Waals surface area contributed by atoms with Crippen LogP contribution >= 0.6 is 11.3 Å². The lowest BCUT2D eigenvalue weighted by Crippen LogP contribution is -2.23. The molecule has 0 fully saturated rings. The Bertz CT molecular complexity index is 1020. The summed E-state index contributed by atoms with van der Waals surface area (Å²) in [7, 11) is 0. The Kier molecular flexibility index (Phi) is 3.16. The average Bonchev–Trinajstić information content (AvgIpc) is 3.14. The molecule has 0 aliphatic heterocycles. The number of fused-ring (bicyclic) bond motifs is 2. The number of thiazole rings is 1. The van der Waals surface area contributed by atoms with Crippen molar-refractivity contribution in [2.24, 2.45) is 0 Å². The van der Waals surface area contributed by atoms with Gasteiger partial charge in [-0.05, 0) is 30.3 Å². The fourth-order valence-corrected chi connectivity index (χ4v) is 3.11. The quantitative estimate of drug-likeness (QED) is 0.534. The van der Waals surface area contributed by atoms with Crippen LogP contribution in [0.3, 0.4) is 0 Å². The van der Waals surface area contributed by atoms with Crippen LogP contribution in [-0.4, -0.2) is 26.1 Å². The fourth-order valence-electron chi connectivity index (χ4n) is 2.39. The van der Waals surface area contributed by atoms with Gasteiger partial charge in [0.25, 0.3) is 5.91 Å². The second-order valence-corrected chi connectivity index (χ2v) is 6.06. The highest BCUT2D eigenvalue weighted by Crippen LogP contribution is 2.24. The summed E-state index contributed by atoms with van der Waals surface area (Å²) in [5.41, 5.74) is 8.42. The van der Waals surface area contributed by atoms with Gasteiger partial charge in [0.2, 0.25) is 0 Å². The van der Waals surface area contributed by atoms with E-state index in [4.69, 9.17) is 5.73 Å². The van der Waals surface area contributed by atoms with E-state index in [-0.39, 0.29) is 5.91 Å². The van der Waals surface area contributed by atoms with Gasteiger partial charge in [0.05, 0.1) is 22.5 Å². The zero-order valence-corrected chi connectivity index (χ0v) is 12.7. The van der Waals surface area contributed by atoms with E-state index in [0.717, 1.165) is 21.3 Å².